The lowest BCUT2D eigenvalue weighted by atomic mass is 9.89. The molecule has 0 saturated carbocycles. The molecule has 0 spiro atoms. The molecule has 136 valence electrons. The van der Waals surface area contributed by atoms with Crippen molar-refractivity contribution in [1.82, 2.24) is 5.32 Å². The molecule has 3 rings (SSSR count). The summed E-state index contributed by atoms with van der Waals surface area (Å²) in [6, 6.07) is 12.9. The summed E-state index contributed by atoms with van der Waals surface area (Å²) in [6.45, 7) is 4.02. The maximum absolute atomic E-state index is 12.4. The van der Waals surface area contributed by atoms with E-state index < -0.39 is 0 Å². The van der Waals surface area contributed by atoms with Gasteiger partial charge in [0, 0.05) is 29.1 Å². The Balaban J connectivity index is 1.76. The molecule has 2 aromatic carbocycles. The number of nitrogens with one attached hydrogen (secondary N) is 1. The van der Waals surface area contributed by atoms with Crippen molar-refractivity contribution in [2.75, 3.05) is 7.11 Å². The summed E-state index contributed by atoms with van der Waals surface area (Å²) in [5, 5.41) is 3.75. The Bertz CT molecular complexity index is 828. The molecule has 0 saturated heterocycles. The number of benzene rings is 2. The molecule has 1 aliphatic rings. The molecular weight excluding hydrogens is 350 g/mol. The van der Waals surface area contributed by atoms with Crippen LogP contribution in [-0.2, 0) is 4.79 Å². The average Bonchev–Trinajstić information content (AvgIpc) is 2.59. The molecule has 1 heterocycles. The molecule has 1 aliphatic heterocycles. The molecule has 4 nitrogen and oxygen atoms in total. The van der Waals surface area contributed by atoms with Gasteiger partial charge in [-0.1, -0.05) is 23.7 Å². The highest BCUT2D eigenvalue weighted by molar-refractivity contribution is 6.30. The van der Waals surface area contributed by atoms with Crippen LogP contribution in [0.4, 0.5) is 0 Å². The highest BCUT2D eigenvalue weighted by Crippen LogP contribution is 2.41. The molecular formula is C21H22ClNO3. The minimum absolute atomic E-state index is 0.123. The normalized spacial score (nSPS) is 18.1. The number of hydrogen-bond acceptors (Lipinski definition) is 3. The van der Waals surface area contributed by atoms with Gasteiger partial charge in [0.25, 0.3) is 0 Å². The van der Waals surface area contributed by atoms with Gasteiger partial charge in [-0.05, 0) is 49.8 Å². The zero-order valence-corrected chi connectivity index (χ0v) is 15.8. The van der Waals surface area contributed by atoms with Crippen molar-refractivity contribution in [2.24, 2.45) is 0 Å². The fourth-order valence-corrected chi connectivity index (χ4v) is 3.18. The second kappa shape index (κ2) is 7.42. The van der Waals surface area contributed by atoms with Gasteiger partial charge in [0.15, 0.2) is 0 Å². The number of hydrogen-bond donors (Lipinski definition) is 1. The van der Waals surface area contributed by atoms with Gasteiger partial charge in [0.1, 0.15) is 17.1 Å². The zero-order valence-electron chi connectivity index (χ0n) is 15.1. The third kappa shape index (κ3) is 4.38. The summed E-state index contributed by atoms with van der Waals surface area (Å²) >= 11 is 5.88. The number of carbonyl (C=O) groups is 1. The standard InChI is InChI=1S/C21H22ClNO3/c1-21(2)13-18(17-10-9-16(25-3)12-19(17)26-21)23-20(24)11-6-14-4-7-15(22)8-5-14/h4-12,18H,13H2,1-3H3,(H,23,24)/b11-6+. The molecule has 1 unspecified atom stereocenters. The first-order valence-corrected chi connectivity index (χ1v) is 8.85. The summed E-state index contributed by atoms with van der Waals surface area (Å²) in [7, 11) is 1.62. The molecule has 0 fully saturated rings. The molecule has 0 bridgehead atoms. The summed E-state index contributed by atoms with van der Waals surface area (Å²) in [4.78, 5) is 12.4. The van der Waals surface area contributed by atoms with Gasteiger partial charge < -0.3 is 14.8 Å². The Kier molecular flexibility index (Phi) is 5.23. The van der Waals surface area contributed by atoms with Crippen LogP contribution in [-0.4, -0.2) is 18.6 Å². The van der Waals surface area contributed by atoms with E-state index in [4.69, 9.17) is 21.1 Å². The lowest BCUT2D eigenvalue weighted by Gasteiger charge is -2.37. The maximum atomic E-state index is 12.4. The molecule has 0 aliphatic carbocycles. The summed E-state index contributed by atoms with van der Waals surface area (Å²) in [5.74, 6) is 1.33. The van der Waals surface area contributed by atoms with E-state index >= 15 is 0 Å². The minimum atomic E-state index is -0.378. The SMILES string of the molecule is COc1ccc2c(c1)OC(C)(C)CC2NC(=O)/C=C/c1ccc(Cl)cc1. The second-order valence-electron chi connectivity index (χ2n) is 6.92. The molecule has 1 N–H and O–H groups in total. The van der Waals surface area contributed by atoms with E-state index in [9.17, 15) is 4.79 Å². The van der Waals surface area contributed by atoms with E-state index in [-0.39, 0.29) is 17.6 Å². The number of methoxy groups -OCH3 is 1. The van der Waals surface area contributed by atoms with Gasteiger partial charge in [0.2, 0.25) is 5.91 Å². The fourth-order valence-electron chi connectivity index (χ4n) is 3.05. The first-order valence-electron chi connectivity index (χ1n) is 8.47. The van der Waals surface area contributed by atoms with Crippen molar-refractivity contribution in [2.45, 2.75) is 31.9 Å². The molecule has 0 aromatic heterocycles. The smallest absolute Gasteiger partial charge is 0.244 e. The number of rotatable bonds is 4. The van der Waals surface area contributed by atoms with Gasteiger partial charge >= 0.3 is 0 Å². The van der Waals surface area contributed by atoms with Gasteiger partial charge in [0.05, 0.1) is 13.2 Å². The van der Waals surface area contributed by atoms with Gasteiger partial charge in [-0.15, -0.1) is 0 Å². The van der Waals surface area contributed by atoms with Crippen molar-refractivity contribution >= 4 is 23.6 Å². The van der Waals surface area contributed by atoms with Crippen molar-refractivity contribution in [3.63, 3.8) is 0 Å². The topological polar surface area (TPSA) is 47.6 Å². The van der Waals surface area contributed by atoms with Crippen LogP contribution in [0.3, 0.4) is 0 Å². The molecule has 1 atom stereocenters. The number of halogens is 1. The lowest BCUT2D eigenvalue weighted by molar-refractivity contribution is -0.117. The van der Waals surface area contributed by atoms with E-state index in [0.29, 0.717) is 11.4 Å². The molecule has 5 heteroatoms. The lowest BCUT2D eigenvalue weighted by Crippen LogP contribution is -2.40. The third-order valence-corrected chi connectivity index (χ3v) is 4.54. The van der Waals surface area contributed by atoms with Crippen LogP contribution in [0.5, 0.6) is 11.5 Å². The Hall–Kier alpha value is -2.46. The fraction of sp³-hybridized carbons (Fsp3) is 0.286. The predicted molar refractivity (Wildman–Crippen MR) is 104 cm³/mol. The van der Waals surface area contributed by atoms with Crippen LogP contribution in [0, 0.1) is 0 Å². The third-order valence-electron chi connectivity index (χ3n) is 4.29. The Labute approximate surface area is 158 Å². The number of carbonyl (C=O) groups excluding carboxylic acids is 1. The first-order chi connectivity index (χ1) is 12.4. The van der Waals surface area contributed by atoms with E-state index in [1.165, 1.54) is 6.08 Å². The zero-order chi connectivity index (χ0) is 18.7. The highest BCUT2D eigenvalue weighted by Gasteiger charge is 2.34. The Morgan fingerprint density at radius 2 is 2.00 bits per heavy atom. The van der Waals surface area contributed by atoms with Crippen LogP contribution in [0.25, 0.3) is 6.08 Å². The highest BCUT2D eigenvalue weighted by atomic mass is 35.5. The monoisotopic (exact) mass is 371 g/mol. The van der Waals surface area contributed by atoms with E-state index in [2.05, 4.69) is 5.32 Å². The number of fused-ring (bicyclic) bond motifs is 1. The van der Waals surface area contributed by atoms with E-state index in [1.807, 2.05) is 44.2 Å². The number of ether oxygens (including phenoxy) is 2. The Morgan fingerprint density at radius 1 is 1.27 bits per heavy atom. The average molecular weight is 372 g/mol. The van der Waals surface area contributed by atoms with Crippen molar-refractivity contribution in [3.05, 3.63) is 64.7 Å². The van der Waals surface area contributed by atoms with E-state index in [1.54, 1.807) is 25.3 Å². The first kappa shape index (κ1) is 18.3. The van der Waals surface area contributed by atoms with Crippen molar-refractivity contribution in [3.8, 4) is 11.5 Å². The quantitative estimate of drug-likeness (QED) is 0.787. The van der Waals surface area contributed by atoms with Gasteiger partial charge in [-0.3, -0.25) is 4.79 Å². The second-order valence-corrected chi connectivity index (χ2v) is 7.35. The molecule has 2 aromatic rings. The summed E-state index contributed by atoms with van der Waals surface area (Å²) in [5.41, 5.74) is 1.50. The van der Waals surface area contributed by atoms with Crippen LogP contribution in [0.1, 0.15) is 37.4 Å². The van der Waals surface area contributed by atoms with Gasteiger partial charge in [-0.2, -0.15) is 0 Å². The molecule has 26 heavy (non-hydrogen) atoms. The van der Waals surface area contributed by atoms with Gasteiger partial charge in [-0.25, -0.2) is 0 Å². The van der Waals surface area contributed by atoms with Crippen LogP contribution < -0.4 is 14.8 Å². The Morgan fingerprint density at radius 3 is 2.69 bits per heavy atom. The van der Waals surface area contributed by atoms with Crippen molar-refractivity contribution < 1.29 is 14.3 Å². The van der Waals surface area contributed by atoms with Crippen LogP contribution >= 0.6 is 11.6 Å². The van der Waals surface area contributed by atoms with Crippen LogP contribution in [0.2, 0.25) is 5.02 Å². The summed E-state index contributed by atoms with van der Waals surface area (Å²) < 4.78 is 11.3. The number of amides is 1. The largest absolute Gasteiger partial charge is 0.497 e. The van der Waals surface area contributed by atoms with Crippen LogP contribution in [0.15, 0.2) is 48.5 Å². The maximum Gasteiger partial charge on any atom is 0.244 e. The molecule has 1 amide bonds. The minimum Gasteiger partial charge on any atom is -0.497 e. The van der Waals surface area contributed by atoms with Crippen molar-refractivity contribution in [1.29, 1.82) is 0 Å². The predicted octanol–water partition coefficient (Wildman–Crippen LogP) is 4.78. The van der Waals surface area contributed by atoms with E-state index in [0.717, 1.165) is 22.6 Å². The molecule has 0 radical (unpaired) electrons. The summed E-state index contributed by atoms with van der Waals surface area (Å²) in [6.07, 6.45) is 3.99.